The molecule has 0 aromatic heterocycles. The smallest absolute Gasteiger partial charge is 0.250 e. The lowest BCUT2D eigenvalue weighted by atomic mass is 10.1. The maximum Gasteiger partial charge on any atom is 0.250 e. The maximum absolute atomic E-state index is 6.24. The second-order valence-electron chi connectivity index (χ2n) is 6.75. The molecule has 0 fully saturated rings. The van der Waals surface area contributed by atoms with Gasteiger partial charge in [0, 0.05) is 6.42 Å². The second kappa shape index (κ2) is 4.71. The van der Waals surface area contributed by atoms with Crippen LogP contribution in [-0.4, -0.2) is 14.4 Å². The van der Waals surface area contributed by atoms with E-state index in [1.54, 1.807) is 0 Å². The SMILES string of the molecule is C=C(O[Si](C)(C)C(C)(C)C)[C@H]1Cc2ccccc2O1. The van der Waals surface area contributed by atoms with Gasteiger partial charge in [0.15, 0.2) is 6.10 Å². The Kier molecular flexibility index (Phi) is 3.52. The Morgan fingerprint density at radius 3 is 2.53 bits per heavy atom. The van der Waals surface area contributed by atoms with Gasteiger partial charge in [-0.3, -0.25) is 0 Å². The summed E-state index contributed by atoms with van der Waals surface area (Å²) in [5.41, 5.74) is 1.24. The zero-order valence-corrected chi connectivity index (χ0v) is 13.6. The average molecular weight is 276 g/mol. The van der Waals surface area contributed by atoms with E-state index < -0.39 is 8.32 Å². The molecule has 0 amide bonds. The van der Waals surface area contributed by atoms with Crippen molar-refractivity contribution in [2.75, 3.05) is 0 Å². The van der Waals surface area contributed by atoms with Crippen LogP contribution in [0.15, 0.2) is 36.6 Å². The van der Waals surface area contributed by atoms with Crippen LogP contribution in [0.25, 0.3) is 0 Å². The fourth-order valence-corrected chi connectivity index (χ4v) is 3.00. The maximum atomic E-state index is 6.24. The van der Waals surface area contributed by atoms with Gasteiger partial charge >= 0.3 is 0 Å². The first-order valence-corrected chi connectivity index (χ1v) is 9.74. The first kappa shape index (κ1) is 14.2. The third-order valence-electron chi connectivity index (χ3n) is 4.20. The third kappa shape index (κ3) is 2.86. The summed E-state index contributed by atoms with van der Waals surface area (Å²) in [6.07, 6.45) is 0.829. The van der Waals surface area contributed by atoms with Crippen LogP contribution in [0, 0.1) is 0 Å². The molecule has 1 aliphatic heterocycles. The fraction of sp³-hybridized carbons (Fsp3) is 0.500. The van der Waals surface area contributed by atoms with E-state index in [0.717, 1.165) is 17.9 Å². The largest absolute Gasteiger partial charge is 0.544 e. The van der Waals surface area contributed by atoms with Crippen LogP contribution in [-0.2, 0) is 10.8 Å². The van der Waals surface area contributed by atoms with Crippen molar-refractivity contribution in [2.45, 2.75) is 51.4 Å². The first-order valence-electron chi connectivity index (χ1n) is 6.83. The van der Waals surface area contributed by atoms with Gasteiger partial charge in [-0.2, -0.15) is 0 Å². The minimum absolute atomic E-state index is 0.0356. The molecule has 0 saturated carbocycles. The van der Waals surface area contributed by atoms with E-state index in [0.29, 0.717) is 0 Å². The van der Waals surface area contributed by atoms with Crippen molar-refractivity contribution in [3.8, 4) is 5.75 Å². The van der Waals surface area contributed by atoms with Gasteiger partial charge in [0.1, 0.15) is 11.5 Å². The zero-order valence-electron chi connectivity index (χ0n) is 12.6. The highest BCUT2D eigenvalue weighted by Gasteiger charge is 2.40. The Morgan fingerprint density at radius 1 is 1.32 bits per heavy atom. The number of ether oxygens (including phenoxy) is 1. The highest BCUT2D eigenvalue weighted by atomic mass is 28.4. The molecule has 3 heteroatoms. The number of fused-ring (bicyclic) bond motifs is 1. The minimum atomic E-state index is -1.82. The van der Waals surface area contributed by atoms with Crippen LogP contribution in [0.3, 0.4) is 0 Å². The van der Waals surface area contributed by atoms with Crippen LogP contribution in [0.4, 0.5) is 0 Å². The lowest BCUT2D eigenvalue weighted by Gasteiger charge is -2.37. The first-order chi connectivity index (χ1) is 8.71. The average Bonchev–Trinajstić information content (AvgIpc) is 2.70. The van der Waals surface area contributed by atoms with Crippen molar-refractivity contribution in [3.63, 3.8) is 0 Å². The Morgan fingerprint density at radius 2 is 1.95 bits per heavy atom. The number of hydrogen-bond acceptors (Lipinski definition) is 2. The minimum Gasteiger partial charge on any atom is -0.544 e. The van der Waals surface area contributed by atoms with E-state index in [1.165, 1.54) is 5.56 Å². The molecule has 0 bridgehead atoms. The van der Waals surface area contributed by atoms with Crippen LogP contribution in [0.1, 0.15) is 26.3 Å². The normalized spacial score (nSPS) is 18.7. The second-order valence-corrected chi connectivity index (χ2v) is 11.5. The zero-order chi connectivity index (χ0) is 14.3. The van der Waals surface area contributed by atoms with Crippen molar-refractivity contribution in [3.05, 3.63) is 42.2 Å². The molecular formula is C16H24O2Si. The van der Waals surface area contributed by atoms with Crippen LogP contribution >= 0.6 is 0 Å². The molecular weight excluding hydrogens is 252 g/mol. The fourth-order valence-electron chi connectivity index (χ4n) is 1.91. The quantitative estimate of drug-likeness (QED) is 0.596. The summed E-state index contributed by atoms with van der Waals surface area (Å²) in [4.78, 5) is 0. The van der Waals surface area contributed by atoms with E-state index in [-0.39, 0.29) is 11.1 Å². The topological polar surface area (TPSA) is 18.5 Å². The monoisotopic (exact) mass is 276 g/mol. The van der Waals surface area contributed by atoms with E-state index in [4.69, 9.17) is 9.16 Å². The summed E-state index contributed by atoms with van der Waals surface area (Å²) in [5.74, 6) is 1.75. The molecule has 19 heavy (non-hydrogen) atoms. The molecule has 104 valence electrons. The summed E-state index contributed by atoms with van der Waals surface area (Å²) < 4.78 is 12.2. The third-order valence-corrected chi connectivity index (χ3v) is 8.58. The van der Waals surface area contributed by atoms with Gasteiger partial charge in [0.25, 0.3) is 0 Å². The predicted molar refractivity (Wildman–Crippen MR) is 82.0 cm³/mol. The van der Waals surface area contributed by atoms with Crippen molar-refractivity contribution in [1.29, 1.82) is 0 Å². The molecule has 1 atom stereocenters. The molecule has 1 aromatic rings. The molecule has 1 heterocycles. The van der Waals surface area contributed by atoms with Crippen molar-refractivity contribution in [1.82, 2.24) is 0 Å². The van der Waals surface area contributed by atoms with E-state index in [2.05, 4.69) is 46.5 Å². The van der Waals surface area contributed by atoms with Crippen LogP contribution in [0.5, 0.6) is 5.75 Å². The Labute approximate surface area is 117 Å². The molecule has 2 rings (SSSR count). The summed E-state index contributed by atoms with van der Waals surface area (Å²) >= 11 is 0. The molecule has 2 nitrogen and oxygen atoms in total. The number of rotatable bonds is 3. The number of benzene rings is 1. The molecule has 0 spiro atoms. The molecule has 1 aromatic carbocycles. The Balaban J connectivity index is 2.05. The molecule has 0 N–H and O–H groups in total. The van der Waals surface area contributed by atoms with Crippen LogP contribution < -0.4 is 4.74 Å². The van der Waals surface area contributed by atoms with Crippen LogP contribution in [0.2, 0.25) is 18.1 Å². The van der Waals surface area contributed by atoms with E-state index in [9.17, 15) is 0 Å². The van der Waals surface area contributed by atoms with E-state index in [1.807, 2.05) is 18.2 Å². The summed E-state index contributed by atoms with van der Waals surface area (Å²) in [6, 6.07) is 8.16. The molecule has 0 radical (unpaired) electrons. The highest BCUT2D eigenvalue weighted by molar-refractivity contribution is 6.74. The number of hydrogen-bond donors (Lipinski definition) is 0. The van der Waals surface area contributed by atoms with Gasteiger partial charge < -0.3 is 9.16 Å². The van der Waals surface area contributed by atoms with Gasteiger partial charge in [0.2, 0.25) is 8.32 Å². The molecule has 0 aliphatic carbocycles. The van der Waals surface area contributed by atoms with E-state index >= 15 is 0 Å². The summed E-state index contributed by atoms with van der Waals surface area (Å²) in [6.45, 7) is 15.3. The Bertz CT molecular complexity index is 461. The lowest BCUT2D eigenvalue weighted by Crippen LogP contribution is -2.42. The molecule has 1 aliphatic rings. The van der Waals surface area contributed by atoms with Gasteiger partial charge in [-0.1, -0.05) is 45.5 Å². The molecule has 0 saturated heterocycles. The standard InChI is InChI=1S/C16H24O2Si/c1-12(18-19(5,6)16(2,3)4)15-11-13-9-7-8-10-14(13)17-15/h7-10,15H,1,11H2,2-6H3/t15-/m1/s1. The van der Waals surface area contributed by atoms with Gasteiger partial charge in [-0.15, -0.1) is 0 Å². The van der Waals surface area contributed by atoms with Crippen molar-refractivity contribution in [2.24, 2.45) is 0 Å². The van der Waals surface area contributed by atoms with Gasteiger partial charge in [-0.25, -0.2) is 0 Å². The Hall–Kier alpha value is -1.22. The highest BCUT2D eigenvalue weighted by Crippen LogP contribution is 2.39. The molecule has 0 unspecified atom stereocenters. The van der Waals surface area contributed by atoms with Crippen molar-refractivity contribution < 1.29 is 9.16 Å². The van der Waals surface area contributed by atoms with Gasteiger partial charge in [-0.05, 0) is 29.8 Å². The predicted octanol–water partition coefficient (Wildman–Crippen LogP) is 4.53. The summed E-state index contributed by atoms with van der Waals surface area (Å²) in [5, 5.41) is 0.182. The van der Waals surface area contributed by atoms with Gasteiger partial charge in [0.05, 0.1) is 0 Å². The van der Waals surface area contributed by atoms with Crippen molar-refractivity contribution >= 4 is 8.32 Å². The lowest BCUT2D eigenvalue weighted by molar-refractivity contribution is 0.202. The summed E-state index contributed by atoms with van der Waals surface area (Å²) in [7, 11) is -1.82. The number of para-hydroxylation sites is 1.